The molecule has 3 heterocycles. The number of H-pyrrole nitrogens is 1. The molecule has 3 rings (SSSR count). The van der Waals surface area contributed by atoms with Gasteiger partial charge >= 0.3 is 6.18 Å². The topological polar surface area (TPSA) is 79.4 Å². The van der Waals surface area contributed by atoms with Crippen molar-refractivity contribution in [1.82, 2.24) is 25.1 Å². The van der Waals surface area contributed by atoms with E-state index in [0.717, 1.165) is 11.1 Å². The summed E-state index contributed by atoms with van der Waals surface area (Å²) in [5.74, 6) is -1.09. The van der Waals surface area contributed by atoms with Crippen molar-refractivity contribution in [2.45, 2.75) is 12.7 Å². The van der Waals surface area contributed by atoms with E-state index < -0.39 is 12.0 Å². The Morgan fingerprint density at radius 1 is 1.09 bits per heavy atom. The summed E-state index contributed by atoms with van der Waals surface area (Å²) in [6.07, 6.45) is 2.01. The van der Waals surface area contributed by atoms with E-state index >= 15 is 0 Å². The fourth-order valence-electron chi connectivity index (χ4n) is 1.98. The zero-order valence-corrected chi connectivity index (χ0v) is 11.7. The average Bonchev–Trinajstić information content (AvgIpc) is 3.03. The predicted molar refractivity (Wildman–Crippen MR) is 76.2 cm³/mol. The summed E-state index contributed by atoms with van der Waals surface area (Å²) in [6.45, 7) is 0.0698. The van der Waals surface area contributed by atoms with E-state index in [0.29, 0.717) is 5.69 Å². The third-order valence-corrected chi connectivity index (χ3v) is 3.03. The first-order valence-electron chi connectivity index (χ1n) is 6.61. The molecule has 0 aromatic carbocycles. The summed E-state index contributed by atoms with van der Waals surface area (Å²) in [5.41, 5.74) is 2.34. The quantitative estimate of drug-likeness (QED) is 0.773. The highest BCUT2D eigenvalue weighted by atomic mass is 19.4. The highest BCUT2D eigenvalue weighted by molar-refractivity contribution is 5.76. The van der Waals surface area contributed by atoms with Crippen molar-refractivity contribution < 1.29 is 13.2 Å². The SMILES string of the molecule is FC(F)(F)c1n[nH]c(CNc2ccncc2-c2cccnc2)n1. The number of nitrogens with zero attached hydrogens (tertiary/aromatic N) is 4. The summed E-state index contributed by atoms with van der Waals surface area (Å²) < 4.78 is 37.4. The first-order valence-corrected chi connectivity index (χ1v) is 6.61. The van der Waals surface area contributed by atoms with Gasteiger partial charge in [0.1, 0.15) is 5.82 Å². The molecule has 3 aromatic rings. The molecule has 23 heavy (non-hydrogen) atoms. The Labute approximate surface area is 128 Å². The molecule has 0 fully saturated rings. The fraction of sp³-hybridized carbons (Fsp3) is 0.143. The summed E-state index contributed by atoms with van der Waals surface area (Å²) >= 11 is 0. The minimum Gasteiger partial charge on any atom is -0.377 e. The van der Waals surface area contributed by atoms with E-state index in [1.165, 1.54) is 0 Å². The lowest BCUT2D eigenvalue weighted by Gasteiger charge is -2.10. The third kappa shape index (κ3) is 3.44. The van der Waals surface area contributed by atoms with Gasteiger partial charge in [-0.2, -0.15) is 13.2 Å². The van der Waals surface area contributed by atoms with Gasteiger partial charge in [-0.3, -0.25) is 15.1 Å². The predicted octanol–water partition coefficient (Wildman–Crippen LogP) is 2.89. The highest BCUT2D eigenvalue weighted by Crippen LogP contribution is 2.27. The number of halogens is 3. The minimum absolute atomic E-state index is 0.0698. The molecule has 118 valence electrons. The van der Waals surface area contributed by atoms with Crippen LogP contribution in [0.25, 0.3) is 11.1 Å². The molecule has 0 unspecified atom stereocenters. The van der Waals surface area contributed by atoms with Gasteiger partial charge < -0.3 is 5.32 Å². The number of aromatic nitrogens is 5. The number of anilines is 1. The number of nitrogens with one attached hydrogen (secondary N) is 2. The molecule has 2 N–H and O–H groups in total. The van der Waals surface area contributed by atoms with Crippen LogP contribution in [-0.4, -0.2) is 25.1 Å². The van der Waals surface area contributed by atoms with Gasteiger partial charge in [-0.1, -0.05) is 6.07 Å². The van der Waals surface area contributed by atoms with Crippen molar-refractivity contribution in [1.29, 1.82) is 0 Å². The Morgan fingerprint density at radius 3 is 2.61 bits per heavy atom. The Morgan fingerprint density at radius 2 is 1.91 bits per heavy atom. The molecule has 6 nitrogen and oxygen atoms in total. The van der Waals surface area contributed by atoms with Crippen LogP contribution in [0.15, 0.2) is 43.0 Å². The lowest BCUT2D eigenvalue weighted by Crippen LogP contribution is -2.08. The molecule has 0 spiro atoms. The van der Waals surface area contributed by atoms with Gasteiger partial charge in [0.05, 0.1) is 6.54 Å². The van der Waals surface area contributed by atoms with E-state index in [1.54, 1.807) is 36.9 Å². The van der Waals surface area contributed by atoms with Crippen LogP contribution in [0.5, 0.6) is 0 Å². The summed E-state index contributed by atoms with van der Waals surface area (Å²) in [7, 11) is 0. The molecule has 0 saturated carbocycles. The smallest absolute Gasteiger partial charge is 0.377 e. The third-order valence-electron chi connectivity index (χ3n) is 3.03. The van der Waals surface area contributed by atoms with Gasteiger partial charge in [0.25, 0.3) is 5.82 Å². The van der Waals surface area contributed by atoms with Gasteiger partial charge in [0.15, 0.2) is 0 Å². The van der Waals surface area contributed by atoms with Gasteiger partial charge in [-0.25, -0.2) is 4.98 Å². The molecule has 3 aromatic heterocycles. The van der Waals surface area contributed by atoms with Gasteiger partial charge in [-0.05, 0) is 12.1 Å². The zero-order chi connectivity index (χ0) is 16.3. The second-order valence-corrected chi connectivity index (χ2v) is 4.62. The molecule has 0 aliphatic rings. The van der Waals surface area contributed by atoms with Crippen LogP contribution in [-0.2, 0) is 12.7 Å². The van der Waals surface area contributed by atoms with E-state index in [2.05, 4.69) is 30.5 Å². The van der Waals surface area contributed by atoms with Crippen molar-refractivity contribution in [3.8, 4) is 11.1 Å². The molecule has 0 aliphatic heterocycles. The Kier molecular flexibility index (Phi) is 3.92. The summed E-state index contributed by atoms with van der Waals surface area (Å²) in [5, 5.41) is 8.45. The largest absolute Gasteiger partial charge is 0.453 e. The van der Waals surface area contributed by atoms with Crippen molar-refractivity contribution >= 4 is 5.69 Å². The van der Waals surface area contributed by atoms with E-state index in [4.69, 9.17) is 0 Å². The number of pyridine rings is 2. The fourth-order valence-corrected chi connectivity index (χ4v) is 1.98. The van der Waals surface area contributed by atoms with Crippen LogP contribution in [0.3, 0.4) is 0 Å². The molecule has 0 aliphatic carbocycles. The van der Waals surface area contributed by atoms with Crippen LogP contribution in [0, 0.1) is 0 Å². The number of alkyl halides is 3. The maximum atomic E-state index is 12.5. The van der Waals surface area contributed by atoms with Crippen molar-refractivity contribution in [2.24, 2.45) is 0 Å². The first kappa shape index (κ1) is 14.9. The molecule has 9 heteroatoms. The molecule has 0 saturated heterocycles. The highest BCUT2D eigenvalue weighted by Gasteiger charge is 2.35. The summed E-state index contributed by atoms with van der Waals surface area (Å²) in [4.78, 5) is 11.5. The Balaban J connectivity index is 1.78. The molecule has 0 atom stereocenters. The van der Waals surface area contributed by atoms with E-state index in [1.807, 2.05) is 6.07 Å². The van der Waals surface area contributed by atoms with Gasteiger partial charge in [-0.15, -0.1) is 5.10 Å². The first-order chi connectivity index (χ1) is 11.0. The van der Waals surface area contributed by atoms with Crippen molar-refractivity contribution in [3.63, 3.8) is 0 Å². The molecule has 0 bridgehead atoms. The second kappa shape index (κ2) is 6.03. The van der Waals surface area contributed by atoms with Crippen LogP contribution in [0.4, 0.5) is 18.9 Å². The number of hydrogen-bond acceptors (Lipinski definition) is 5. The van der Waals surface area contributed by atoms with Crippen LogP contribution in [0.2, 0.25) is 0 Å². The normalized spacial score (nSPS) is 11.4. The Bertz CT molecular complexity index is 784. The van der Waals surface area contributed by atoms with Crippen molar-refractivity contribution in [2.75, 3.05) is 5.32 Å². The number of rotatable bonds is 4. The van der Waals surface area contributed by atoms with E-state index in [9.17, 15) is 13.2 Å². The maximum absolute atomic E-state index is 12.5. The Hall–Kier alpha value is -2.97. The molecule has 0 amide bonds. The average molecular weight is 320 g/mol. The van der Waals surface area contributed by atoms with Gasteiger partial charge in [0, 0.05) is 41.6 Å². The molecular formula is C14H11F3N6. The standard InChI is InChI=1S/C14H11F3N6/c15-14(16,17)13-21-12(22-23-13)8-20-11-3-5-19-7-10(11)9-2-1-4-18-6-9/h1-7H,8H2,(H,19,20)(H,21,22,23). The van der Waals surface area contributed by atoms with E-state index in [-0.39, 0.29) is 12.4 Å². The molecular weight excluding hydrogens is 309 g/mol. The van der Waals surface area contributed by atoms with Crippen LogP contribution >= 0.6 is 0 Å². The minimum atomic E-state index is -4.56. The maximum Gasteiger partial charge on any atom is 0.453 e. The number of aromatic amines is 1. The monoisotopic (exact) mass is 320 g/mol. The van der Waals surface area contributed by atoms with Gasteiger partial charge in [0.2, 0.25) is 0 Å². The lowest BCUT2D eigenvalue weighted by atomic mass is 10.1. The lowest BCUT2D eigenvalue weighted by molar-refractivity contribution is -0.144. The zero-order valence-electron chi connectivity index (χ0n) is 11.7. The molecule has 0 radical (unpaired) electrons. The van der Waals surface area contributed by atoms with Crippen molar-refractivity contribution in [3.05, 3.63) is 54.6 Å². The second-order valence-electron chi connectivity index (χ2n) is 4.62. The number of hydrogen-bond donors (Lipinski definition) is 2. The van der Waals surface area contributed by atoms with Crippen LogP contribution < -0.4 is 5.32 Å². The van der Waals surface area contributed by atoms with Crippen LogP contribution in [0.1, 0.15) is 11.6 Å². The summed E-state index contributed by atoms with van der Waals surface area (Å²) in [6, 6.07) is 5.38.